The first-order chi connectivity index (χ1) is 21.5. The fourth-order valence-corrected chi connectivity index (χ4v) is 4.42. The number of hydrogen-bond acceptors (Lipinski definition) is 7. The standard InChI is InChI=1S/C34H38N4O7/c1-21(2)28(29(39)33(43)35-20-24-14-11-17-26(18-24)34(44)45-4)38-30(40)22(3)36-32(42)27(19-23-12-7-5-8-13-23)37-31(41)25-15-9-6-10-16-25/h5-18,21-22,27-28H,19-20H2,1-4H3,(H,35,43)(H,36,42)(H,37,41)(H,38,40)/t22-,27-,28-/m0/s1. The van der Waals surface area contributed by atoms with E-state index in [-0.39, 0.29) is 13.0 Å². The summed E-state index contributed by atoms with van der Waals surface area (Å²) in [5, 5.41) is 10.5. The van der Waals surface area contributed by atoms with E-state index in [4.69, 9.17) is 4.74 Å². The van der Waals surface area contributed by atoms with Crippen LogP contribution in [0.3, 0.4) is 0 Å². The molecule has 0 heterocycles. The number of esters is 1. The quantitative estimate of drug-likeness (QED) is 0.160. The molecule has 11 heteroatoms. The molecule has 4 N–H and O–H groups in total. The van der Waals surface area contributed by atoms with Crippen molar-refractivity contribution >= 4 is 35.4 Å². The maximum atomic E-state index is 13.3. The zero-order chi connectivity index (χ0) is 32.9. The van der Waals surface area contributed by atoms with Gasteiger partial charge in [-0.25, -0.2) is 4.79 Å². The van der Waals surface area contributed by atoms with E-state index < -0.39 is 59.4 Å². The van der Waals surface area contributed by atoms with Crippen molar-refractivity contribution in [3.8, 4) is 0 Å². The second kappa shape index (κ2) is 16.5. The molecule has 0 saturated carbocycles. The van der Waals surface area contributed by atoms with Crippen LogP contribution in [0, 0.1) is 5.92 Å². The van der Waals surface area contributed by atoms with Gasteiger partial charge in [0.25, 0.3) is 11.8 Å². The van der Waals surface area contributed by atoms with Gasteiger partial charge in [0.15, 0.2) is 0 Å². The highest BCUT2D eigenvalue weighted by Crippen LogP contribution is 2.09. The first-order valence-electron chi connectivity index (χ1n) is 14.5. The molecule has 0 radical (unpaired) electrons. The zero-order valence-corrected chi connectivity index (χ0v) is 25.7. The molecule has 0 spiro atoms. The van der Waals surface area contributed by atoms with E-state index in [0.29, 0.717) is 16.7 Å². The SMILES string of the molecule is COC(=O)c1cccc(CNC(=O)C(=O)[C@@H](NC(=O)[C@H](C)NC(=O)[C@H](Cc2ccccc2)NC(=O)c2ccccc2)C(C)C)c1. The number of benzene rings is 3. The second-order valence-electron chi connectivity index (χ2n) is 10.8. The summed E-state index contributed by atoms with van der Waals surface area (Å²) in [6, 6.07) is 20.7. The van der Waals surface area contributed by atoms with E-state index >= 15 is 0 Å². The van der Waals surface area contributed by atoms with Crippen LogP contribution in [-0.4, -0.2) is 60.6 Å². The van der Waals surface area contributed by atoms with Crippen LogP contribution in [0.15, 0.2) is 84.9 Å². The molecule has 0 unspecified atom stereocenters. The lowest BCUT2D eigenvalue weighted by atomic mass is 9.98. The highest BCUT2D eigenvalue weighted by molar-refractivity contribution is 6.38. The molecular weight excluding hydrogens is 576 g/mol. The van der Waals surface area contributed by atoms with Crippen molar-refractivity contribution in [2.45, 2.75) is 51.9 Å². The number of nitrogens with one attached hydrogen (secondary N) is 4. The fourth-order valence-electron chi connectivity index (χ4n) is 4.42. The summed E-state index contributed by atoms with van der Waals surface area (Å²) in [4.78, 5) is 76.9. The van der Waals surface area contributed by atoms with E-state index in [0.717, 1.165) is 5.56 Å². The third-order valence-corrected chi connectivity index (χ3v) is 6.96. The van der Waals surface area contributed by atoms with Crippen molar-refractivity contribution in [3.63, 3.8) is 0 Å². The summed E-state index contributed by atoms with van der Waals surface area (Å²) >= 11 is 0. The van der Waals surface area contributed by atoms with E-state index in [1.807, 2.05) is 30.3 Å². The Balaban J connectivity index is 1.64. The van der Waals surface area contributed by atoms with Crippen LogP contribution in [0.5, 0.6) is 0 Å². The van der Waals surface area contributed by atoms with E-state index in [1.54, 1.807) is 62.4 Å². The number of amides is 4. The lowest BCUT2D eigenvalue weighted by Crippen LogP contribution is -2.57. The predicted octanol–water partition coefficient (Wildman–Crippen LogP) is 2.35. The lowest BCUT2D eigenvalue weighted by molar-refractivity contribution is -0.141. The van der Waals surface area contributed by atoms with Crippen molar-refractivity contribution in [1.82, 2.24) is 21.3 Å². The van der Waals surface area contributed by atoms with E-state index in [1.165, 1.54) is 20.1 Å². The number of carbonyl (C=O) groups excluding carboxylic acids is 6. The van der Waals surface area contributed by atoms with Gasteiger partial charge >= 0.3 is 5.97 Å². The first-order valence-corrected chi connectivity index (χ1v) is 14.5. The Kier molecular flexibility index (Phi) is 12.5. The van der Waals surface area contributed by atoms with Gasteiger partial charge in [-0.15, -0.1) is 0 Å². The van der Waals surface area contributed by atoms with Crippen molar-refractivity contribution in [3.05, 3.63) is 107 Å². The summed E-state index contributed by atoms with van der Waals surface area (Å²) < 4.78 is 4.70. The average Bonchev–Trinajstić information content (AvgIpc) is 3.05. The summed E-state index contributed by atoms with van der Waals surface area (Å²) in [7, 11) is 1.26. The van der Waals surface area contributed by atoms with E-state index in [2.05, 4.69) is 21.3 Å². The minimum absolute atomic E-state index is 0.0296. The highest BCUT2D eigenvalue weighted by Gasteiger charge is 2.32. The molecule has 0 saturated heterocycles. The summed E-state index contributed by atoms with van der Waals surface area (Å²) in [5.41, 5.74) is 2.05. The van der Waals surface area contributed by atoms with Gasteiger partial charge < -0.3 is 26.0 Å². The molecule has 0 aromatic heterocycles. The molecule has 4 amide bonds. The van der Waals surface area contributed by atoms with Gasteiger partial charge in [-0.1, -0.05) is 74.5 Å². The molecule has 0 bridgehead atoms. The number of methoxy groups -OCH3 is 1. The molecular formula is C34H38N4O7. The Morgan fingerprint density at radius 1 is 0.689 bits per heavy atom. The van der Waals surface area contributed by atoms with Crippen molar-refractivity contribution in [2.75, 3.05) is 7.11 Å². The Morgan fingerprint density at radius 3 is 1.91 bits per heavy atom. The number of ketones is 1. The molecule has 45 heavy (non-hydrogen) atoms. The van der Waals surface area contributed by atoms with Crippen LogP contribution < -0.4 is 21.3 Å². The molecule has 3 aromatic rings. The first kappa shape index (κ1) is 34.2. The molecule has 3 rings (SSSR count). The fraction of sp³-hybridized carbons (Fsp3) is 0.294. The van der Waals surface area contributed by atoms with E-state index in [9.17, 15) is 28.8 Å². The van der Waals surface area contributed by atoms with Gasteiger partial charge in [0.1, 0.15) is 12.1 Å². The Bertz CT molecular complexity index is 1510. The van der Waals surface area contributed by atoms with Crippen LogP contribution in [0.1, 0.15) is 52.6 Å². The smallest absolute Gasteiger partial charge is 0.337 e. The van der Waals surface area contributed by atoms with Gasteiger partial charge in [-0.3, -0.25) is 24.0 Å². The summed E-state index contributed by atoms with van der Waals surface area (Å²) in [6.45, 7) is 4.77. The van der Waals surface area contributed by atoms with Crippen LogP contribution in [0.4, 0.5) is 0 Å². The summed E-state index contributed by atoms with van der Waals surface area (Å²) in [6.07, 6.45) is 0.176. The lowest BCUT2D eigenvalue weighted by Gasteiger charge is -2.25. The van der Waals surface area contributed by atoms with Crippen LogP contribution >= 0.6 is 0 Å². The molecule has 3 atom stereocenters. The molecule has 11 nitrogen and oxygen atoms in total. The monoisotopic (exact) mass is 614 g/mol. The molecule has 0 aliphatic rings. The van der Waals surface area contributed by atoms with Crippen molar-refractivity contribution in [1.29, 1.82) is 0 Å². The molecule has 0 aliphatic heterocycles. The largest absolute Gasteiger partial charge is 0.465 e. The molecule has 0 aliphatic carbocycles. The molecule has 236 valence electrons. The number of ether oxygens (including phenoxy) is 1. The minimum atomic E-state index is -1.17. The maximum absolute atomic E-state index is 13.3. The van der Waals surface area contributed by atoms with Crippen molar-refractivity contribution in [2.24, 2.45) is 5.92 Å². The highest BCUT2D eigenvalue weighted by atomic mass is 16.5. The Hall–Kier alpha value is -5.32. The second-order valence-corrected chi connectivity index (χ2v) is 10.8. The van der Waals surface area contributed by atoms with Crippen LogP contribution in [0.2, 0.25) is 0 Å². The zero-order valence-electron chi connectivity index (χ0n) is 25.7. The number of Topliss-reactive ketones (excluding diaryl/α,β-unsaturated/α-hetero) is 1. The van der Waals surface area contributed by atoms with Crippen molar-refractivity contribution < 1.29 is 33.5 Å². The number of rotatable bonds is 14. The Labute approximate surface area is 262 Å². The van der Waals surface area contributed by atoms with Gasteiger partial charge in [-0.05, 0) is 48.2 Å². The topological polar surface area (TPSA) is 160 Å². The summed E-state index contributed by atoms with van der Waals surface area (Å²) in [5.74, 6) is -4.48. The van der Waals surface area contributed by atoms with Gasteiger partial charge in [0, 0.05) is 18.5 Å². The average molecular weight is 615 g/mol. The maximum Gasteiger partial charge on any atom is 0.337 e. The predicted molar refractivity (Wildman–Crippen MR) is 167 cm³/mol. The third-order valence-electron chi connectivity index (χ3n) is 6.96. The van der Waals surface area contributed by atoms with Gasteiger partial charge in [0.05, 0.1) is 18.7 Å². The van der Waals surface area contributed by atoms with Gasteiger partial charge in [0.2, 0.25) is 17.6 Å². The molecule has 0 fully saturated rings. The number of hydrogen-bond donors (Lipinski definition) is 4. The normalized spacial score (nSPS) is 12.6. The number of carbonyl (C=O) groups is 6. The van der Waals surface area contributed by atoms with Crippen LogP contribution in [-0.2, 0) is 36.9 Å². The molecule has 3 aromatic carbocycles. The Morgan fingerprint density at radius 2 is 1.29 bits per heavy atom. The third kappa shape index (κ3) is 10.1. The minimum Gasteiger partial charge on any atom is -0.465 e. The van der Waals surface area contributed by atoms with Gasteiger partial charge in [-0.2, -0.15) is 0 Å². The van der Waals surface area contributed by atoms with Crippen LogP contribution in [0.25, 0.3) is 0 Å².